The molecule has 0 aliphatic heterocycles. The standard InChI is InChI=1S/C15H13BrN2O2S/c16-14-7-6-13(11-17)15(10-14)18-21(19,20)9-8-12-4-2-1-3-5-12/h1-7,10,18H,8-9H2. The van der Waals surface area contributed by atoms with Crippen LogP contribution in [0.4, 0.5) is 5.69 Å². The number of nitriles is 1. The first-order valence-electron chi connectivity index (χ1n) is 6.24. The minimum atomic E-state index is -3.50. The van der Waals surface area contributed by atoms with E-state index in [9.17, 15) is 8.42 Å². The van der Waals surface area contributed by atoms with E-state index < -0.39 is 10.0 Å². The molecule has 2 rings (SSSR count). The molecule has 0 heterocycles. The zero-order valence-corrected chi connectivity index (χ0v) is 13.5. The SMILES string of the molecule is N#Cc1ccc(Br)cc1NS(=O)(=O)CCc1ccccc1. The normalized spacial score (nSPS) is 10.9. The number of benzene rings is 2. The molecule has 0 radical (unpaired) electrons. The molecule has 0 fully saturated rings. The Hall–Kier alpha value is -1.84. The second kappa shape index (κ2) is 6.74. The van der Waals surface area contributed by atoms with Crippen LogP contribution in [0, 0.1) is 11.3 Å². The lowest BCUT2D eigenvalue weighted by Crippen LogP contribution is -2.18. The Morgan fingerprint density at radius 2 is 1.86 bits per heavy atom. The Balaban J connectivity index is 2.11. The molecule has 0 spiro atoms. The topological polar surface area (TPSA) is 70.0 Å². The highest BCUT2D eigenvalue weighted by atomic mass is 79.9. The summed E-state index contributed by atoms with van der Waals surface area (Å²) in [4.78, 5) is 0. The Bertz CT molecular complexity index is 768. The lowest BCUT2D eigenvalue weighted by Gasteiger charge is -2.10. The predicted octanol–water partition coefficient (Wildman–Crippen LogP) is 3.31. The first kappa shape index (κ1) is 15.5. The quantitative estimate of drug-likeness (QED) is 0.884. The molecule has 0 bridgehead atoms. The van der Waals surface area contributed by atoms with Crippen LogP contribution in [-0.4, -0.2) is 14.2 Å². The van der Waals surface area contributed by atoms with Crippen molar-refractivity contribution in [2.75, 3.05) is 10.5 Å². The molecule has 2 aromatic rings. The summed E-state index contributed by atoms with van der Waals surface area (Å²) in [5.74, 6) is -0.0333. The molecule has 6 heteroatoms. The predicted molar refractivity (Wildman–Crippen MR) is 86.4 cm³/mol. The first-order chi connectivity index (χ1) is 10.00. The number of sulfonamides is 1. The zero-order valence-electron chi connectivity index (χ0n) is 11.1. The third-order valence-corrected chi connectivity index (χ3v) is 4.64. The summed E-state index contributed by atoms with van der Waals surface area (Å²) in [5.41, 5.74) is 1.54. The molecule has 0 atom stereocenters. The summed E-state index contributed by atoms with van der Waals surface area (Å²) < 4.78 is 27.4. The van der Waals surface area contributed by atoms with E-state index in [2.05, 4.69) is 20.7 Å². The van der Waals surface area contributed by atoms with Gasteiger partial charge in [-0.3, -0.25) is 4.72 Å². The number of aryl methyl sites for hydroxylation is 1. The number of nitrogens with one attached hydrogen (secondary N) is 1. The molecule has 108 valence electrons. The third kappa shape index (κ3) is 4.59. The molecule has 0 saturated carbocycles. The van der Waals surface area contributed by atoms with E-state index in [0.29, 0.717) is 22.1 Å². The molecule has 2 aromatic carbocycles. The van der Waals surface area contributed by atoms with E-state index >= 15 is 0 Å². The van der Waals surface area contributed by atoms with Crippen molar-refractivity contribution < 1.29 is 8.42 Å². The summed E-state index contributed by atoms with van der Waals surface area (Å²) in [6, 6.07) is 16.2. The molecule has 0 aromatic heterocycles. The summed E-state index contributed by atoms with van der Waals surface area (Å²) in [7, 11) is -3.50. The Morgan fingerprint density at radius 3 is 2.52 bits per heavy atom. The van der Waals surface area contributed by atoms with E-state index in [1.54, 1.807) is 18.2 Å². The van der Waals surface area contributed by atoms with Crippen molar-refractivity contribution in [2.45, 2.75) is 6.42 Å². The summed E-state index contributed by atoms with van der Waals surface area (Å²) in [6.45, 7) is 0. The average Bonchev–Trinajstić information content (AvgIpc) is 2.46. The first-order valence-corrected chi connectivity index (χ1v) is 8.69. The largest absolute Gasteiger partial charge is 0.282 e. The van der Waals surface area contributed by atoms with Crippen molar-refractivity contribution in [1.29, 1.82) is 5.26 Å². The fourth-order valence-corrected chi connectivity index (χ4v) is 3.29. The van der Waals surface area contributed by atoms with Gasteiger partial charge in [-0.05, 0) is 30.2 Å². The summed E-state index contributed by atoms with van der Waals surface area (Å²) in [6.07, 6.45) is 0.423. The fourth-order valence-electron chi connectivity index (χ4n) is 1.81. The molecule has 4 nitrogen and oxygen atoms in total. The smallest absolute Gasteiger partial charge is 0.233 e. The maximum Gasteiger partial charge on any atom is 0.233 e. The van der Waals surface area contributed by atoms with Gasteiger partial charge in [0.05, 0.1) is 17.0 Å². The van der Waals surface area contributed by atoms with Gasteiger partial charge in [0.1, 0.15) is 6.07 Å². The van der Waals surface area contributed by atoms with Crippen molar-refractivity contribution in [3.8, 4) is 6.07 Å². The Kier molecular flexibility index (Phi) is 4.99. The number of hydrogen-bond acceptors (Lipinski definition) is 3. The van der Waals surface area contributed by atoms with Crippen LogP contribution in [0.25, 0.3) is 0 Å². The molecule has 1 N–H and O–H groups in total. The number of hydrogen-bond donors (Lipinski definition) is 1. The molecular weight excluding hydrogens is 352 g/mol. The van der Waals surface area contributed by atoms with E-state index in [-0.39, 0.29) is 5.75 Å². The van der Waals surface area contributed by atoms with Gasteiger partial charge >= 0.3 is 0 Å². The van der Waals surface area contributed by atoms with Crippen LogP contribution in [0.3, 0.4) is 0 Å². The zero-order chi connectivity index (χ0) is 15.3. The second-order valence-electron chi connectivity index (χ2n) is 4.46. The van der Waals surface area contributed by atoms with Crippen LogP contribution in [-0.2, 0) is 16.4 Å². The van der Waals surface area contributed by atoms with Crippen molar-refractivity contribution in [2.24, 2.45) is 0 Å². The second-order valence-corrected chi connectivity index (χ2v) is 7.22. The highest BCUT2D eigenvalue weighted by Gasteiger charge is 2.13. The lowest BCUT2D eigenvalue weighted by atomic mass is 10.2. The van der Waals surface area contributed by atoms with Crippen molar-refractivity contribution in [3.05, 3.63) is 64.1 Å². The molecule has 21 heavy (non-hydrogen) atoms. The summed E-state index contributed by atoms with van der Waals surface area (Å²) in [5, 5.41) is 9.01. The van der Waals surface area contributed by atoms with Crippen molar-refractivity contribution in [1.82, 2.24) is 0 Å². The Morgan fingerprint density at radius 1 is 1.14 bits per heavy atom. The van der Waals surface area contributed by atoms with Gasteiger partial charge < -0.3 is 0 Å². The maximum absolute atomic E-state index is 12.1. The van der Waals surface area contributed by atoms with Crippen LogP contribution in [0.1, 0.15) is 11.1 Å². The third-order valence-electron chi connectivity index (χ3n) is 2.87. The number of rotatable bonds is 5. The van der Waals surface area contributed by atoms with Gasteiger partial charge in [-0.15, -0.1) is 0 Å². The number of nitrogens with zero attached hydrogens (tertiary/aromatic N) is 1. The van der Waals surface area contributed by atoms with Gasteiger partial charge in [-0.25, -0.2) is 8.42 Å². The van der Waals surface area contributed by atoms with Gasteiger partial charge in [0.15, 0.2) is 0 Å². The van der Waals surface area contributed by atoms with Gasteiger partial charge in [0, 0.05) is 4.47 Å². The van der Waals surface area contributed by atoms with Gasteiger partial charge in [0.2, 0.25) is 10.0 Å². The molecule has 0 saturated heterocycles. The minimum absolute atomic E-state index is 0.0333. The number of anilines is 1. The van der Waals surface area contributed by atoms with Crippen LogP contribution in [0.5, 0.6) is 0 Å². The Labute approximate surface area is 132 Å². The monoisotopic (exact) mass is 364 g/mol. The van der Waals surface area contributed by atoms with Gasteiger partial charge in [0.25, 0.3) is 0 Å². The average molecular weight is 365 g/mol. The van der Waals surface area contributed by atoms with Crippen LogP contribution < -0.4 is 4.72 Å². The van der Waals surface area contributed by atoms with E-state index in [4.69, 9.17) is 5.26 Å². The van der Waals surface area contributed by atoms with E-state index in [0.717, 1.165) is 5.56 Å². The van der Waals surface area contributed by atoms with Crippen LogP contribution in [0.2, 0.25) is 0 Å². The lowest BCUT2D eigenvalue weighted by molar-refractivity contribution is 0.600. The van der Waals surface area contributed by atoms with Crippen molar-refractivity contribution in [3.63, 3.8) is 0 Å². The van der Waals surface area contributed by atoms with Gasteiger partial charge in [-0.1, -0.05) is 46.3 Å². The molecule has 0 aliphatic carbocycles. The van der Waals surface area contributed by atoms with E-state index in [1.807, 2.05) is 36.4 Å². The van der Waals surface area contributed by atoms with Crippen LogP contribution >= 0.6 is 15.9 Å². The molecule has 0 amide bonds. The minimum Gasteiger partial charge on any atom is -0.282 e. The van der Waals surface area contributed by atoms with Crippen LogP contribution in [0.15, 0.2) is 53.0 Å². The summed E-state index contributed by atoms with van der Waals surface area (Å²) >= 11 is 3.26. The maximum atomic E-state index is 12.1. The molecule has 0 unspecified atom stereocenters. The highest BCUT2D eigenvalue weighted by molar-refractivity contribution is 9.10. The fraction of sp³-hybridized carbons (Fsp3) is 0.133. The van der Waals surface area contributed by atoms with Gasteiger partial charge in [-0.2, -0.15) is 5.26 Å². The molecular formula is C15H13BrN2O2S. The molecule has 0 aliphatic rings. The van der Waals surface area contributed by atoms with E-state index in [1.165, 1.54) is 0 Å². The number of halogens is 1. The highest BCUT2D eigenvalue weighted by Crippen LogP contribution is 2.22. The van der Waals surface area contributed by atoms with Crippen molar-refractivity contribution >= 4 is 31.6 Å².